The Hall–Kier alpha value is -2.12. The van der Waals surface area contributed by atoms with Gasteiger partial charge in [0.15, 0.2) is 6.61 Å². The van der Waals surface area contributed by atoms with Crippen LogP contribution in [0, 0.1) is 5.92 Å². The minimum absolute atomic E-state index is 0.0287. The maximum absolute atomic E-state index is 11.7. The lowest BCUT2D eigenvalue weighted by Gasteiger charge is -2.50. The van der Waals surface area contributed by atoms with E-state index in [9.17, 15) is 14.7 Å². The number of carboxylic acid groups (broad SMARTS) is 1. The van der Waals surface area contributed by atoms with Crippen LogP contribution in [0.3, 0.4) is 0 Å². The van der Waals surface area contributed by atoms with Crippen molar-refractivity contribution in [2.24, 2.45) is 5.92 Å². The minimum Gasteiger partial charge on any atom is -0.482 e. The number of carboxylic acids is 1. The summed E-state index contributed by atoms with van der Waals surface area (Å²) >= 11 is 0. The molecule has 2 saturated heterocycles. The Morgan fingerprint density at radius 2 is 1.96 bits per heavy atom. The zero-order chi connectivity index (χ0) is 18.7. The van der Waals surface area contributed by atoms with E-state index in [0.29, 0.717) is 44.8 Å². The van der Waals surface area contributed by atoms with Crippen molar-refractivity contribution in [1.82, 2.24) is 9.80 Å². The maximum Gasteiger partial charge on any atom is 0.341 e. The van der Waals surface area contributed by atoms with E-state index in [0.717, 1.165) is 12.1 Å². The molecule has 1 aromatic carbocycles. The Labute approximate surface area is 153 Å². The lowest BCUT2D eigenvalue weighted by Crippen LogP contribution is -2.60. The summed E-state index contributed by atoms with van der Waals surface area (Å²) in [6.45, 7) is 4.50. The van der Waals surface area contributed by atoms with Crippen LogP contribution in [0.2, 0.25) is 0 Å². The summed E-state index contributed by atoms with van der Waals surface area (Å²) < 4.78 is 5.39. The van der Waals surface area contributed by atoms with Crippen molar-refractivity contribution in [2.45, 2.75) is 31.9 Å². The lowest BCUT2D eigenvalue weighted by molar-refractivity contribution is -0.145. The third-order valence-electron chi connectivity index (χ3n) is 5.52. The monoisotopic (exact) mass is 362 g/mol. The highest BCUT2D eigenvalue weighted by Gasteiger charge is 2.45. The number of amides is 1. The summed E-state index contributed by atoms with van der Waals surface area (Å²) in [5, 5.41) is 19.7. The van der Waals surface area contributed by atoms with Crippen LogP contribution in [-0.2, 0) is 16.1 Å². The van der Waals surface area contributed by atoms with E-state index in [1.807, 2.05) is 23.1 Å². The molecule has 0 unspecified atom stereocenters. The van der Waals surface area contributed by atoms with E-state index in [4.69, 9.17) is 9.84 Å². The van der Waals surface area contributed by atoms with E-state index >= 15 is 0 Å². The van der Waals surface area contributed by atoms with E-state index < -0.39 is 11.6 Å². The number of aliphatic carboxylic acids is 1. The quantitative estimate of drug-likeness (QED) is 0.811. The van der Waals surface area contributed by atoms with Crippen molar-refractivity contribution in [3.8, 4) is 5.75 Å². The average Bonchev–Trinajstić information content (AvgIpc) is 2.60. The predicted molar refractivity (Wildman–Crippen MR) is 94.8 cm³/mol. The molecular formula is C19H26N2O5. The fourth-order valence-corrected chi connectivity index (χ4v) is 3.96. The van der Waals surface area contributed by atoms with Crippen molar-refractivity contribution in [2.75, 3.05) is 32.8 Å². The van der Waals surface area contributed by atoms with Gasteiger partial charge < -0.3 is 19.8 Å². The zero-order valence-corrected chi connectivity index (χ0v) is 15.1. The Balaban J connectivity index is 1.67. The second kappa shape index (κ2) is 7.63. The van der Waals surface area contributed by atoms with Crippen LogP contribution >= 0.6 is 0 Å². The van der Waals surface area contributed by atoms with Gasteiger partial charge in [0.2, 0.25) is 5.91 Å². The van der Waals surface area contributed by atoms with Gasteiger partial charge in [-0.15, -0.1) is 0 Å². The molecule has 1 aromatic rings. The molecule has 0 aromatic heterocycles. The number of carbonyl (C=O) groups excluding carboxylic acids is 1. The number of benzene rings is 1. The summed E-state index contributed by atoms with van der Waals surface area (Å²) in [5.41, 5.74) is 0.236. The van der Waals surface area contributed by atoms with Gasteiger partial charge in [-0.05, 0) is 18.9 Å². The van der Waals surface area contributed by atoms with E-state index in [1.54, 1.807) is 13.0 Å². The number of fused-ring (bicyclic) bond motifs is 1. The highest BCUT2D eigenvalue weighted by Crippen LogP contribution is 2.36. The largest absolute Gasteiger partial charge is 0.482 e. The van der Waals surface area contributed by atoms with Gasteiger partial charge in [0, 0.05) is 51.1 Å². The van der Waals surface area contributed by atoms with Gasteiger partial charge in [0.25, 0.3) is 0 Å². The predicted octanol–water partition coefficient (Wildman–Crippen LogP) is 0.955. The first-order valence-corrected chi connectivity index (χ1v) is 9.00. The molecule has 1 amide bonds. The van der Waals surface area contributed by atoms with Crippen LogP contribution in [0.4, 0.5) is 0 Å². The van der Waals surface area contributed by atoms with Crippen LogP contribution in [0.1, 0.15) is 25.3 Å². The van der Waals surface area contributed by atoms with Gasteiger partial charge >= 0.3 is 5.97 Å². The molecule has 0 spiro atoms. The van der Waals surface area contributed by atoms with Crippen LogP contribution in [0.25, 0.3) is 0 Å². The number of piperidine rings is 2. The molecule has 2 aliphatic rings. The number of ether oxygens (including phenoxy) is 1. The molecule has 2 fully saturated rings. The SMILES string of the molecule is CC(=O)N1CC[C@]2(O)CCN(Cc3ccccc3OCC(=O)O)C[C@@H]2C1. The van der Waals surface area contributed by atoms with Crippen molar-refractivity contribution in [3.63, 3.8) is 0 Å². The average molecular weight is 362 g/mol. The number of hydrogen-bond donors (Lipinski definition) is 2. The van der Waals surface area contributed by atoms with Gasteiger partial charge in [-0.25, -0.2) is 4.79 Å². The van der Waals surface area contributed by atoms with Crippen molar-refractivity contribution >= 4 is 11.9 Å². The number of nitrogens with zero attached hydrogens (tertiary/aromatic N) is 2. The van der Waals surface area contributed by atoms with E-state index in [-0.39, 0.29) is 18.4 Å². The molecule has 7 heteroatoms. The molecule has 7 nitrogen and oxygen atoms in total. The van der Waals surface area contributed by atoms with Gasteiger partial charge in [-0.1, -0.05) is 18.2 Å². The molecular weight excluding hydrogens is 336 g/mol. The van der Waals surface area contributed by atoms with Crippen LogP contribution in [-0.4, -0.2) is 70.3 Å². The van der Waals surface area contributed by atoms with Crippen LogP contribution < -0.4 is 4.74 Å². The summed E-state index contributed by atoms with van der Waals surface area (Å²) in [5.74, 6) is -0.350. The van der Waals surface area contributed by atoms with Crippen LogP contribution in [0.15, 0.2) is 24.3 Å². The van der Waals surface area contributed by atoms with Crippen molar-refractivity contribution in [1.29, 1.82) is 0 Å². The second-order valence-corrected chi connectivity index (χ2v) is 7.29. The number of para-hydroxylation sites is 1. The van der Waals surface area contributed by atoms with E-state index in [2.05, 4.69) is 4.90 Å². The number of carbonyl (C=O) groups is 2. The first-order valence-electron chi connectivity index (χ1n) is 9.00. The third kappa shape index (κ3) is 4.16. The summed E-state index contributed by atoms with van der Waals surface area (Å²) in [4.78, 5) is 26.5. The molecule has 3 rings (SSSR count). The van der Waals surface area contributed by atoms with Gasteiger partial charge in [-0.2, -0.15) is 0 Å². The first kappa shape index (κ1) is 18.7. The fourth-order valence-electron chi connectivity index (χ4n) is 3.96. The standard InChI is InChI=1S/C19H26N2O5/c1-14(22)21-9-7-19(25)6-8-20(11-16(19)12-21)10-15-4-2-3-5-17(15)26-13-18(23)24/h2-5,16,25H,6-13H2,1H3,(H,23,24)/t16-,19-/m1/s1. The number of aliphatic hydroxyl groups is 1. The molecule has 142 valence electrons. The highest BCUT2D eigenvalue weighted by atomic mass is 16.5. The number of rotatable bonds is 5. The fraction of sp³-hybridized carbons (Fsp3) is 0.579. The molecule has 0 bridgehead atoms. The summed E-state index contributed by atoms with van der Waals surface area (Å²) in [6, 6.07) is 7.43. The summed E-state index contributed by atoms with van der Waals surface area (Å²) in [6.07, 6.45) is 1.31. The molecule has 0 aliphatic carbocycles. The van der Waals surface area contributed by atoms with Crippen molar-refractivity contribution in [3.05, 3.63) is 29.8 Å². The van der Waals surface area contributed by atoms with Gasteiger partial charge in [-0.3, -0.25) is 9.69 Å². The number of hydrogen-bond acceptors (Lipinski definition) is 5. The van der Waals surface area contributed by atoms with Crippen LogP contribution in [0.5, 0.6) is 5.75 Å². The zero-order valence-electron chi connectivity index (χ0n) is 15.1. The third-order valence-corrected chi connectivity index (χ3v) is 5.52. The molecule has 2 aliphatic heterocycles. The smallest absolute Gasteiger partial charge is 0.341 e. The molecule has 2 heterocycles. The Kier molecular flexibility index (Phi) is 5.48. The molecule has 0 radical (unpaired) electrons. The lowest BCUT2D eigenvalue weighted by atomic mass is 9.75. The van der Waals surface area contributed by atoms with E-state index in [1.165, 1.54) is 0 Å². The van der Waals surface area contributed by atoms with Crippen molar-refractivity contribution < 1.29 is 24.5 Å². The van der Waals surface area contributed by atoms with Gasteiger partial charge in [0.05, 0.1) is 5.60 Å². The Morgan fingerprint density at radius 1 is 1.23 bits per heavy atom. The minimum atomic E-state index is -1.01. The topological polar surface area (TPSA) is 90.3 Å². The second-order valence-electron chi connectivity index (χ2n) is 7.29. The highest BCUT2D eigenvalue weighted by molar-refractivity contribution is 5.73. The summed E-state index contributed by atoms with van der Waals surface area (Å²) in [7, 11) is 0. The molecule has 2 N–H and O–H groups in total. The molecule has 0 saturated carbocycles. The Morgan fingerprint density at radius 3 is 2.69 bits per heavy atom. The number of likely N-dealkylation sites (tertiary alicyclic amines) is 2. The maximum atomic E-state index is 11.7. The normalized spacial score (nSPS) is 26.2. The first-order chi connectivity index (χ1) is 12.4. The Bertz CT molecular complexity index is 680. The molecule has 26 heavy (non-hydrogen) atoms. The van der Waals surface area contributed by atoms with Gasteiger partial charge in [0.1, 0.15) is 5.75 Å². The molecule has 2 atom stereocenters.